The molecule has 360 valence electrons. The molecule has 0 aliphatic rings. The molecule has 0 aliphatic carbocycles. The lowest BCUT2D eigenvalue weighted by Gasteiger charge is -2.18. The summed E-state index contributed by atoms with van der Waals surface area (Å²) in [5.74, 6) is -0.997. The van der Waals surface area contributed by atoms with Crippen LogP contribution in [0.25, 0.3) is 0 Å². The van der Waals surface area contributed by atoms with Gasteiger partial charge >= 0.3 is 17.9 Å². The molecular weight excluding hydrogens is 781 g/mol. The third-order valence-electron chi connectivity index (χ3n) is 10.9. The van der Waals surface area contributed by atoms with Crippen molar-refractivity contribution in [2.75, 3.05) is 13.2 Å². The standard InChI is InChI=1S/C57H96O6/c1-4-7-10-13-16-18-20-22-24-26-28-30-32-34-36-38-41-44-47-50-56(59)62-53-54(52-61-55(58)49-46-43-40-15-12-9-6-3)63-57(60)51-48-45-42-39-37-35-33-31-29-27-25-23-21-19-17-14-11-8-5-2/h7,10,16,18,22-25,28,30,34,36,41,44,54H,4-6,8-9,11-15,17,19-21,26-27,29,31-33,35,37-40,42-43,45-53H2,1-3H3/b10-7-,18-16-,24-22-,25-23-,30-28-,36-34-,44-41-. The molecule has 6 heteroatoms. The van der Waals surface area contributed by atoms with E-state index in [1.807, 2.05) is 6.08 Å². The fraction of sp³-hybridized carbons (Fsp3) is 0.702. The Morgan fingerprint density at radius 2 is 0.651 bits per heavy atom. The van der Waals surface area contributed by atoms with Crippen LogP contribution in [-0.2, 0) is 28.6 Å². The maximum atomic E-state index is 12.8. The molecule has 0 rings (SSSR count). The Kier molecular flexibility index (Phi) is 48.5. The van der Waals surface area contributed by atoms with Gasteiger partial charge in [-0.1, -0.05) is 221 Å². The molecule has 0 aromatic heterocycles. The Labute approximate surface area is 388 Å². The first-order valence-corrected chi connectivity index (χ1v) is 26.1. The number of ether oxygens (including phenoxy) is 3. The predicted molar refractivity (Wildman–Crippen MR) is 270 cm³/mol. The van der Waals surface area contributed by atoms with Crippen LogP contribution in [-0.4, -0.2) is 37.2 Å². The fourth-order valence-corrected chi connectivity index (χ4v) is 6.99. The zero-order chi connectivity index (χ0) is 45.8. The van der Waals surface area contributed by atoms with Crippen molar-refractivity contribution in [3.05, 3.63) is 85.1 Å². The Balaban J connectivity index is 4.37. The maximum Gasteiger partial charge on any atom is 0.306 e. The van der Waals surface area contributed by atoms with E-state index in [1.165, 1.54) is 116 Å². The summed E-state index contributed by atoms with van der Waals surface area (Å²) in [5, 5.41) is 0. The van der Waals surface area contributed by atoms with Crippen molar-refractivity contribution in [2.45, 2.75) is 245 Å². The van der Waals surface area contributed by atoms with Gasteiger partial charge in [-0.2, -0.15) is 0 Å². The van der Waals surface area contributed by atoms with Gasteiger partial charge in [-0.3, -0.25) is 14.4 Å². The number of unbranched alkanes of at least 4 members (excludes halogenated alkanes) is 21. The van der Waals surface area contributed by atoms with Gasteiger partial charge in [-0.15, -0.1) is 0 Å². The topological polar surface area (TPSA) is 78.9 Å². The number of carbonyl (C=O) groups excluding carboxylic acids is 3. The molecule has 0 spiro atoms. The average Bonchev–Trinajstić information content (AvgIpc) is 3.28. The third kappa shape index (κ3) is 49.5. The van der Waals surface area contributed by atoms with E-state index in [0.717, 1.165) is 77.0 Å². The van der Waals surface area contributed by atoms with Gasteiger partial charge in [0.1, 0.15) is 13.2 Å². The number of hydrogen-bond acceptors (Lipinski definition) is 6. The molecule has 0 N–H and O–H groups in total. The highest BCUT2D eigenvalue weighted by molar-refractivity contribution is 5.71. The van der Waals surface area contributed by atoms with Crippen LogP contribution < -0.4 is 0 Å². The second-order valence-corrected chi connectivity index (χ2v) is 17.1. The van der Waals surface area contributed by atoms with E-state index in [1.54, 1.807) is 0 Å². The van der Waals surface area contributed by atoms with Crippen LogP contribution in [0.15, 0.2) is 85.1 Å². The number of rotatable bonds is 46. The molecule has 0 fully saturated rings. The molecule has 0 radical (unpaired) electrons. The number of hydrogen-bond donors (Lipinski definition) is 0. The highest BCUT2D eigenvalue weighted by Gasteiger charge is 2.19. The Hall–Kier alpha value is -3.41. The van der Waals surface area contributed by atoms with Crippen LogP contribution in [0.2, 0.25) is 0 Å². The van der Waals surface area contributed by atoms with E-state index in [0.29, 0.717) is 19.3 Å². The van der Waals surface area contributed by atoms with Gasteiger partial charge in [0.2, 0.25) is 0 Å². The van der Waals surface area contributed by atoms with Crippen molar-refractivity contribution in [2.24, 2.45) is 0 Å². The van der Waals surface area contributed by atoms with E-state index >= 15 is 0 Å². The van der Waals surface area contributed by atoms with Crippen molar-refractivity contribution < 1.29 is 28.6 Å². The Morgan fingerprint density at radius 1 is 0.333 bits per heavy atom. The number of allylic oxidation sites excluding steroid dienone is 14. The summed E-state index contributed by atoms with van der Waals surface area (Å²) in [5.41, 5.74) is 0. The zero-order valence-corrected chi connectivity index (χ0v) is 41.1. The molecular formula is C57H96O6. The fourth-order valence-electron chi connectivity index (χ4n) is 6.99. The van der Waals surface area contributed by atoms with E-state index in [-0.39, 0.29) is 37.5 Å². The van der Waals surface area contributed by atoms with Crippen molar-refractivity contribution in [3.8, 4) is 0 Å². The minimum Gasteiger partial charge on any atom is -0.462 e. The lowest BCUT2D eigenvalue weighted by Crippen LogP contribution is -2.30. The number of carbonyl (C=O) groups is 3. The van der Waals surface area contributed by atoms with Crippen LogP contribution >= 0.6 is 0 Å². The van der Waals surface area contributed by atoms with Crippen molar-refractivity contribution in [1.82, 2.24) is 0 Å². The summed E-state index contributed by atoms with van der Waals surface area (Å²) >= 11 is 0. The summed E-state index contributed by atoms with van der Waals surface area (Å²) in [4.78, 5) is 37.8. The van der Waals surface area contributed by atoms with Crippen LogP contribution in [0, 0.1) is 0 Å². The first kappa shape index (κ1) is 59.6. The summed E-state index contributed by atoms with van der Waals surface area (Å²) in [6.07, 6.45) is 66.0. The molecule has 0 aliphatic heterocycles. The van der Waals surface area contributed by atoms with Crippen molar-refractivity contribution >= 4 is 17.9 Å². The average molecular weight is 877 g/mol. The third-order valence-corrected chi connectivity index (χ3v) is 10.9. The molecule has 1 atom stereocenters. The molecule has 1 unspecified atom stereocenters. The van der Waals surface area contributed by atoms with E-state index in [9.17, 15) is 14.4 Å². The van der Waals surface area contributed by atoms with Gasteiger partial charge < -0.3 is 14.2 Å². The SMILES string of the molecule is CC/C=C\C/C=C\C/C=C\C/C=C\C/C=C\C/C=C\CCC(=O)OCC(COC(=O)CCCCCCCCC)OC(=O)CCCCCCCCCCC/C=C\CCCCCCCC. The maximum absolute atomic E-state index is 12.8. The minimum absolute atomic E-state index is 0.100. The molecule has 0 saturated heterocycles. The highest BCUT2D eigenvalue weighted by atomic mass is 16.6. The van der Waals surface area contributed by atoms with Gasteiger partial charge in [0, 0.05) is 19.3 Å². The first-order chi connectivity index (χ1) is 31.0. The smallest absolute Gasteiger partial charge is 0.306 e. The summed E-state index contributed by atoms with van der Waals surface area (Å²) in [6.45, 7) is 6.41. The summed E-state index contributed by atoms with van der Waals surface area (Å²) in [6, 6.07) is 0. The molecule has 63 heavy (non-hydrogen) atoms. The molecule has 0 aromatic rings. The molecule has 6 nitrogen and oxygen atoms in total. The van der Waals surface area contributed by atoms with Crippen molar-refractivity contribution in [1.29, 1.82) is 0 Å². The zero-order valence-electron chi connectivity index (χ0n) is 41.1. The molecule has 0 saturated carbocycles. The van der Waals surface area contributed by atoms with Gasteiger partial charge in [0.25, 0.3) is 0 Å². The van der Waals surface area contributed by atoms with Crippen LogP contribution in [0.3, 0.4) is 0 Å². The molecule has 0 bridgehead atoms. The molecule has 0 aromatic carbocycles. The van der Waals surface area contributed by atoms with Crippen LogP contribution in [0.4, 0.5) is 0 Å². The Morgan fingerprint density at radius 3 is 1.06 bits per heavy atom. The van der Waals surface area contributed by atoms with Crippen LogP contribution in [0.5, 0.6) is 0 Å². The highest BCUT2D eigenvalue weighted by Crippen LogP contribution is 2.14. The van der Waals surface area contributed by atoms with Crippen LogP contribution in [0.1, 0.15) is 239 Å². The van der Waals surface area contributed by atoms with E-state index in [2.05, 4.69) is 99.8 Å². The van der Waals surface area contributed by atoms with Gasteiger partial charge in [0.05, 0.1) is 0 Å². The Bertz CT molecular complexity index is 1240. The quantitative estimate of drug-likeness (QED) is 0.0262. The normalized spacial score (nSPS) is 12.7. The first-order valence-electron chi connectivity index (χ1n) is 26.1. The van der Waals surface area contributed by atoms with Gasteiger partial charge in [-0.05, 0) is 83.5 Å². The lowest BCUT2D eigenvalue weighted by molar-refractivity contribution is -0.166. The second kappa shape index (κ2) is 51.2. The van der Waals surface area contributed by atoms with E-state index in [4.69, 9.17) is 14.2 Å². The summed E-state index contributed by atoms with van der Waals surface area (Å²) < 4.78 is 16.7. The summed E-state index contributed by atoms with van der Waals surface area (Å²) in [7, 11) is 0. The van der Waals surface area contributed by atoms with Gasteiger partial charge in [-0.25, -0.2) is 0 Å². The number of esters is 3. The molecule has 0 amide bonds. The largest absolute Gasteiger partial charge is 0.462 e. The van der Waals surface area contributed by atoms with E-state index < -0.39 is 6.10 Å². The monoisotopic (exact) mass is 877 g/mol. The molecule has 0 heterocycles. The second-order valence-electron chi connectivity index (χ2n) is 17.1. The minimum atomic E-state index is -0.805. The predicted octanol–water partition coefficient (Wildman–Crippen LogP) is 17.2. The van der Waals surface area contributed by atoms with Gasteiger partial charge in [0.15, 0.2) is 6.10 Å². The lowest BCUT2D eigenvalue weighted by atomic mass is 10.1. The van der Waals surface area contributed by atoms with Crippen molar-refractivity contribution in [3.63, 3.8) is 0 Å².